The van der Waals surface area contributed by atoms with Crippen molar-refractivity contribution in [3.05, 3.63) is 58.4 Å². The van der Waals surface area contributed by atoms with E-state index in [2.05, 4.69) is 21.9 Å². The Morgan fingerprint density at radius 2 is 2.17 bits per heavy atom. The van der Waals surface area contributed by atoms with E-state index in [0.717, 1.165) is 0 Å². The van der Waals surface area contributed by atoms with Crippen molar-refractivity contribution in [3.8, 4) is 5.75 Å². The third-order valence-corrected chi connectivity index (χ3v) is 4.45. The summed E-state index contributed by atoms with van der Waals surface area (Å²) in [5.41, 5.74) is 0.603. The van der Waals surface area contributed by atoms with Crippen LogP contribution in [-0.2, 0) is 4.79 Å². The molecule has 1 amide bonds. The van der Waals surface area contributed by atoms with Gasteiger partial charge in [-0.15, -0.1) is 6.58 Å². The number of phenols is 1. The first-order chi connectivity index (χ1) is 11.1. The molecule has 0 radical (unpaired) electrons. The van der Waals surface area contributed by atoms with E-state index in [-0.39, 0.29) is 29.5 Å². The first-order valence-electron chi connectivity index (χ1n) is 7.05. The number of aromatic hydroxyl groups is 1. The summed E-state index contributed by atoms with van der Waals surface area (Å²) >= 11 is 1.32. The largest absolute Gasteiger partial charge is 0.508 e. The minimum atomic E-state index is -0.519. The summed E-state index contributed by atoms with van der Waals surface area (Å²) in [6.45, 7) is 3.62. The molecule has 0 aliphatic carbocycles. The predicted octanol–water partition coefficient (Wildman–Crippen LogP) is 2.23. The third kappa shape index (κ3) is 3.00. The number of fused-ring (bicyclic) bond motifs is 1. The number of rotatable bonds is 4. The molecule has 23 heavy (non-hydrogen) atoms. The Hall–Kier alpha value is -2.54. The number of phenolic OH excluding ortho intramolecular Hbond substituents is 1. The highest BCUT2D eigenvalue weighted by molar-refractivity contribution is 7.99. The van der Waals surface area contributed by atoms with Crippen LogP contribution in [0.1, 0.15) is 23.5 Å². The van der Waals surface area contributed by atoms with Crippen molar-refractivity contribution in [3.63, 3.8) is 0 Å². The average molecular weight is 329 g/mol. The van der Waals surface area contributed by atoms with Gasteiger partial charge in [-0.05, 0) is 6.07 Å². The maximum atomic E-state index is 12.5. The predicted molar refractivity (Wildman–Crippen MR) is 89.0 cm³/mol. The van der Waals surface area contributed by atoms with Crippen molar-refractivity contribution in [2.45, 2.75) is 17.5 Å². The fraction of sp³-hybridized carbons (Fsp3) is 0.188. The monoisotopic (exact) mass is 329 g/mol. The van der Waals surface area contributed by atoms with Crippen molar-refractivity contribution in [1.29, 1.82) is 0 Å². The van der Waals surface area contributed by atoms with Gasteiger partial charge in [-0.1, -0.05) is 36.0 Å². The van der Waals surface area contributed by atoms with Gasteiger partial charge in [0.05, 0.1) is 5.56 Å². The minimum Gasteiger partial charge on any atom is -0.508 e. The molecule has 1 aromatic carbocycles. The lowest BCUT2D eigenvalue weighted by Gasteiger charge is -2.24. The number of thioether (sulfide) groups is 1. The van der Waals surface area contributed by atoms with E-state index in [4.69, 9.17) is 0 Å². The lowest BCUT2D eigenvalue weighted by Crippen LogP contribution is -2.31. The Labute approximate surface area is 136 Å². The number of carbonyl (C=O) groups excluding carboxylic acids is 1. The summed E-state index contributed by atoms with van der Waals surface area (Å²) in [5.74, 6) is 0.157. The zero-order chi connectivity index (χ0) is 16.4. The van der Waals surface area contributed by atoms with Gasteiger partial charge in [0.1, 0.15) is 11.6 Å². The van der Waals surface area contributed by atoms with Crippen LogP contribution < -0.4 is 10.9 Å². The van der Waals surface area contributed by atoms with Crippen LogP contribution in [0, 0.1) is 0 Å². The SMILES string of the molecule is C=CCSc1nc2c(c(=O)[nH]1)[C@@H](c1ccccc1O)CC(=O)N2. The molecule has 118 valence electrons. The molecular formula is C16H15N3O3S. The van der Waals surface area contributed by atoms with Crippen LogP contribution in [0.4, 0.5) is 5.82 Å². The van der Waals surface area contributed by atoms with E-state index in [0.29, 0.717) is 22.0 Å². The number of aromatic amines is 1. The van der Waals surface area contributed by atoms with Crippen molar-refractivity contribution < 1.29 is 9.90 Å². The molecule has 3 N–H and O–H groups in total. The second-order valence-corrected chi connectivity index (χ2v) is 6.11. The number of anilines is 1. The summed E-state index contributed by atoms with van der Waals surface area (Å²) < 4.78 is 0. The highest BCUT2D eigenvalue weighted by Crippen LogP contribution is 2.37. The molecule has 2 aromatic rings. The zero-order valence-corrected chi connectivity index (χ0v) is 13.0. The smallest absolute Gasteiger partial charge is 0.257 e. The first kappa shape index (κ1) is 15.4. The van der Waals surface area contributed by atoms with E-state index < -0.39 is 5.92 Å². The molecule has 1 aliphatic rings. The maximum absolute atomic E-state index is 12.5. The molecule has 1 aromatic heterocycles. The van der Waals surface area contributed by atoms with Crippen LogP contribution in [0.25, 0.3) is 0 Å². The number of carbonyl (C=O) groups is 1. The molecule has 0 spiro atoms. The number of H-pyrrole nitrogens is 1. The fourth-order valence-electron chi connectivity index (χ4n) is 2.60. The van der Waals surface area contributed by atoms with Gasteiger partial charge in [-0.3, -0.25) is 9.59 Å². The molecule has 1 aliphatic heterocycles. The van der Waals surface area contributed by atoms with Crippen LogP contribution in [0.5, 0.6) is 5.75 Å². The highest BCUT2D eigenvalue weighted by atomic mass is 32.2. The molecular weight excluding hydrogens is 314 g/mol. The summed E-state index contributed by atoms with van der Waals surface area (Å²) in [6.07, 6.45) is 1.79. The Kier molecular flexibility index (Phi) is 4.20. The summed E-state index contributed by atoms with van der Waals surface area (Å²) in [7, 11) is 0. The standard InChI is InChI=1S/C16H15N3O3S/c1-2-7-23-16-18-14-13(15(22)19-16)10(8-12(21)17-14)9-5-3-4-6-11(9)20/h2-6,10,20H,1,7-8H2,(H2,17,18,19,21,22)/t10-/m1/s1. The molecule has 6 nitrogen and oxygen atoms in total. The van der Waals surface area contributed by atoms with Crippen LogP contribution >= 0.6 is 11.8 Å². The molecule has 2 heterocycles. The quantitative estimate of drug-likeness (QED) is 0.454. The van der Waals surface area contributed by atoms with Gasteiger partial charge in [0, 0.05) is 23.7 Å². The second-order valence-electron chi connectivity index (χ2n) is 5.10. The van der Waals surface area contributed by atoms with Gasteiger partial charge in [-0.25, -0.2) is 4.98 Å². The van der Waals surface area contributed by atoms with Crippen molar-refractivity contribution in [2.75, 3.05) is 11.1 Å². The first-order valence-corrected chi connectivity index (χ1v) is 8.04. The molecule has 0 fully saturated rings. The van der Waals surface area contributed by atoms with E-state index in [1.807, 2.05) is 0 Å². The third-order valence-electron chi connectivity index (χ3n) is 3.58. The van der Waals surface area contributed by atoms with E-state index in [1.165, 1.54) is 17.8 Å². The average Bonchev–Trinajstić information content (AvgIpc) is 2.52. The number of nitrogens with one attached hydrogen (secondary N) is 2. The normalized spacial score (nSPS) is 16.5. The number of para-hydroxylation sites is 1. The number of nitrogens with zero attached hydrogens (tertiary/aromatic N) is 1. The molecule has 0 saturated carbocycles. The van der Waals surface area contributed by atoms with Crippen LogP contribution in [0.3, 0.4) is 0 Å². The Morgan fingerprint density at radius 3 is 2.91 bits per heavy atom. The molecule has 0 saturated heterocycles. The van der Waals surface area contributed by atoms with Gasteiger partial charge in [0.25, 0.3) is 5.56 Å². The summed E-state index contributed by atoms with van der Waals surface area (Å²) in [6, 6.07) is 6.71. The van der Waals surface area contributed by atoms with Crippen molar-refractivity contribution in [2.24, 2.45) is 0 Å². The van der Waals surface area contributed by atoms with Crippen LogP contribution in [0.2, 0.25) is 0 Å². The molecule has 3 rings (SSSR count). The van der Waals surface area contributed by atoms with Gasteiger partial charge in [0.2, 0.25) is 5.91 Å². The van der Waals surface area contributed by atoms with E-state index in [1.54, 1.807) is 24.3 Å². The van der Waals surface area contributed by atoms with E-state index >= 15 is 0 Å². The van der Waals surface area contributed by atoms with Gasteiger partial charge in [0.15, 0.2) is 5.16 Å². The Bertz CT molecular complexity index is 832. The molecule has 7 heteroatoms. The van der Waals surface area contributed by atoms with Gasteiger partial charge in [-0.2, -0.15) is 0 Å². The van der Waals surface area contributed by atoms with Crippen LogP contribution in [-0.4, -0.2) is 26.7 Å². The number of aromatic nitrogens is 2. The lowest BCUT2D eigenvalue weighted by molar-refractivity contribution is -0.116. The molecule has 0 unspecified atom stereocenters. The molecule has 1 atom stereocenters. The van der Waals surface area contributed by atoms with Crippen molar-refractivity contribution in [1.82, 2.24) is 9.97 Å². The fourth-order valence-corrected chi connectivity index (χ4v) is 3.20. The molecule has 0 bridgehead atoms. The Balaban J connectivity index is 2.11. The lowest BCUT2D eigenvalue weighted by atomic mass is 9.86. The number of amides is 1. The highest BCUT2D eigenvalue weighted by Gasteiger charge is 2.32. The van der Waals surface area contributed by atoms with Crippen molar-refractivity contribution >= 4 is 23.5 Å². The topological polar surface area (TPSA) is 95.1 Å². The minimum absolute atomic E-state index is 0.0580. The summed E-state index contributed by atoms with van der Waals surface area (Å²) in [4.78, 5) is 31.5. The Morgan fingerprint density at radius 1 is 1.39 bits per heavy atom. The number of hydrogen-bond acceptors (Lipinski definition) is 5. The number of hydrogen-bond donors (Lipinski definition) is 3. The van der Waals surface area contributed by atoms with E-state index in [9.17, 15) is 14.7 Å². The van der Waals surface area contributed by atoms with Crippen LogP contribution in [0.15, 0.2) is 46.9 Å². The summed E-state index contributed by atoms with van der Waals surface area (Å²) in [5, 5.41) is 13.1. The second kappa shape index (κ2) is 6.29. The van der Waals surface area contributed by atoms with Gasteiger partial charge >= 0.3 is 0 Å². The van der Waals surface area contributed by atoms with Gasteiger partial charge < -0.3 is 15.4 Å². The number of benzene rings is 1. The zero-order valence-electron chi connectivity index (χ0n) is 12.2. The maximum Gasteiger partial charge on any atom is 0.257 e.